The zero-order chi connectivity index (χ0) is 12.1. The fraction of sp³-hybridized carbons (Fsp3) is 0.154. The summed E-state index contributed by atoms with van der Waals surface area (Å²) in [5, 5.41) is 5.49. The Morgan fingerprint density at radius 1 is 1.29 bits per heavy atom. The summed E-state index contributed by atoms with van der Waals surface area (Å²) in [6.07, 6.45) is -0.417. The van der Waals surface area contributed by atoms with Crippen molar-refractivity contribution in [2.24, 2.45) is 0 Å². The molecule has 0 saturated heterocycles. The quantitative estimate of drug-likeness (QED) is 0.895. The number of hydrogen-bond donors (Lipinski definition) is 1. The number of hydrogen-bond acceptors (Lipinski definition) is 3. The topological polar surface area (TPSA) is 38.3 Å². The van der Waals surface area contributed by atoms with E-state index in [-0.39, 0.29) is 6.61 Å². The summed E-state index contributed by atoms with van der Waals surface area (Å²) in [6, 6.07) is 11.6. The van der Waals surface area contributed by atoms with Crippen molar-refractivity contribution in [3.8, 4) is 0 Å². The summed E-state index contributed by atoms with van der Waals surface area (Å²) in [4.78, 5) is 11.5. The van der Waals surface area contributed by atoms with Gasteiger partial charge in [0, 0.05) is 0 Å². The van der Waals surface area contributed by atoms with Crippen LogP contribution in [0.25, 0.3) is 0 Å². The number of rotatable bonds is 3. The van der Waals surface area contributed by atoms with Gasteiger partial charge in [-0.3, -0.25) is 5.32 Å². The highest BCUT2D eigenvalue weighted by Crippen LogP contribution is 2.21. The Balaban J connectivity index is 1.85. The second kappa shape index (κ2) is 5.50. The molecule has 0 spiro atoms. The Labute approximate surface area is 104 Å². The minimum absolute atomic E-state index is 0.289. The average molecular weight is 247 g/mol. The predicted molar refractivity (Wildman–Crippen MR) is 69.3 cm³/mol. The van der Waals surface area contributed by atoms with Gasteiger partial charge in [-0.1, -0.05) is 30.3 Å². The van der Waals surface area contributed by atoms with Crippen molar-refractivity contribution in [2.75, 3.05) is 5.32 Å². The molecular formula is C13H13NO2S. The Hall–Kier alpha value is -1.81. The fourth-order valence-corrected chi connectivity index (χ4v) is 2.16. The summed E-state index contributed by atoms with van der Waals surface area (Å²) in [5.41, 5.74) is 2.03. The highest BCUT2D eigenvalue weighted by atomic mass is 32.1. The Morgan fingerprint density at radius 2 is 2.06 bits per heavy atom. The number of nitrogens with one attached hydrogen (secondary N) is 1. The number of amides is 1. The molecule has 0 radical (unpaired) electrons. The van der Waals surface area contributed by atoms with E-state index >= 15 is 0 Å². The lowest BCUT2D eigenvalue weighted by molar-refractivity contribution is 0.155. The molecule has 1 aromatic heterocycles. The molecule has 1 N–H and O–H groups in total. The number of carbonyl (C=O) groups excluding carboxylic acids is 1. The largest absolute Gasteiger partial charge is 0.444 e. The first-order chi connectivity index (χ1) is 8.25. The minimum Gasteiger partial charge on any atom is -0.444 e. The number of ether oxygens (including phenoxy) is 1. The minimum atomic E-state index is -0.417. The number of thiophene rings is 1. The molecule has 1 amide bonds. The predicted octanol–water partition coefficient (Wildman–Crippen LogP) is 3.81. The second-order valence-corrected chi connectivity index (χ2v) is 4.54. The van der Waals surface area contributed by atoms with Gasteiger partial charge in [0.25, 0.3) is 0 Å². The number of aryl methyl sites for hydroxylation is 1. The monoisotopic (exact) mass is 247 g/mol. The van der Waals surface area contributed by atoms with Crippen LogP contribution in [0.15, 0.2) is 41.8 Å². The molecule has 88 valence electrons. The van der Waals surface area contributed by atoms with Crippen LogP contribution < -0.4 is 5.32 Å². The van der Waals surface area contributed by atoms with E-state index in [1.165, 1.54) is 11.3 Å². The summed E-state index contributed by atoms with van der Waals surface area (Å²) >= 11 is 1.49. The molecule has 3 nitrogen and oxygen atoms in total. The Kier molecular flexibility index (Phi) is 3.77. The maximum absolute atomic E-state index is 11.5. The highest BCUT2D eigenvalue weighted by molar-refractivity contribution is 7.14. The fourth-order valence-electron chi connectivity index (χ4n) is 1.35. The average Bonchev–Trinajstić information content (AvgIpc) is 2.74. The summed E-state index contributed by atoms with van der Waals surface area (Å²) in [5.74, 6) is 0. The Morgan fingerprint density at radius 3 is 2.71 bits per heavy atom. The van der Waals surface area contributed by atoms with Crippen molar-refractivity contribution < 1.29 is 9.53 Å². The van der Waals surface area contributed by atoms with E-state index in [1.54, 1.807) is 0 Å². The summed E-state index contributed by atoms with van der Waals surface area (Å²) in [6.45, 7) is 2.24. The van der Waals surface area contributed by atoms with Gasteiger partial charge in [-0.05, 0) is 29.5 Å². The van der Waals surface area contributed by atoms with Crippen LogP contribution >= 0.6 is 11.3 Å². The van der Waals surface area contributed by atoms with Gasteiger partial charge in [0.2, 0.25) is 0 Å². The van der Waals surface area contributed by atoms with E-state index in [9.17, 15) is 4.79 Å². The number of benzene rings is 1. The van der Waals surface area contributed by atoms with Crippen molar-refractivity contribution in [1.29, 1.82) is 0 Å². The zero-order valence-corrected chi connectivity index (χ0v) is 10.3. The van der Waals surface area contributed by atoms with Gasteiger partial charge in [-0.25, -0.2) is 4.79 Å². The molecular weight excluding hydrogens is 234 g/mol. The van der Waals surface area contributed by atoms with Crippen LogP contribution in [0.2, 0.25) is 0 Å². The first kappa shape index (κ1) is 11.7. The normalized spacial score (nSPS) is 9.94. The van der Waals surface area contributed by atoms with Gasteiger partial charge in [0.05, 0.1) is 0 Å². The zero-order valence-electron chi connectivity index (χ0n) is 9.47. The lowest BCUT2D eigenvalue weighted by atomic mass is 10.2. The number of carbonyl (C=O) groups is 1. The molecule has 1 aromatic carbocycles. The van der Waals surface area contributed by atoms with Crippen LogP contribution in [0.5, 0.6) is 0 Å². The van der Waals surface area contributed by atoms with Gasteiger partial charge < -0.3 is 4.74 Å². The van der Waals surface area contributed by atoms with Gasteiger partial charge >= 0.3 is 6.09 Å². The van der Waals surface area contributed by atoms with E-state index in [4.69, 9.17) is 4.74 Å². The smallest absolute Gasteiger partial charge is 0.412 e. The Bertz CT molecular complexity index is 493. The van der Waals surface area contributed by atoms with Crippen LogP contribution in [0.3, 0.4) is 0 Å². The number of anilines is 1. The van der Waals surface area contributed by atoms with Crippen molar-refractivity contribution >= 4 is 22.4 Å². The molecule has 0 atom stereocenters. The molecule has 17 heavy (non-hydrogen) atoms. The summed E-state index contributed by atoms with van der Waals surface area (Å²) in [7, 11) is 0. The maximum Gasteiger partial charge on any atom is 0.412 e. The molecule has 0 bridgehead atoms. The standard InChI is InChI=1S/C13H13NO2S/c1-10-7-8-17-12(10)14-13(15)16-9-11-5-3-2-4-6-11/h2-8H,9H2,1H3,(H,14,15). The molecule has 0 unspecified atom stereocenters. The molecule has 4 heteroatoms. The molecule has 1 heterocycles. The van der Waals surface area contributed by atoms with Crippen LogP contribution in [0.4, 0.5) is 9.80 Å². The molecule has 2 rings (SSSR count). The highest BCUT2D eigenvalue weighted by Gasteiger charge is 2.06. The maximum atomic E-state index is 11.5. The van der Waals surface area contributed by atoms with Gasteiger partial charge in [-0.2, -0.15) is 0 Å². The lowest BCUT2D eigenvalue weighted by Crippen LogP contribution is -2.13. The van der Waals surface area contributed by atoms with E-state index < -0.39 is 6.09 Å². The van der Waals surface area contributed by atoms with E-state index in [0.29, 0.717) is 0 Å². The third kappa shape index (κ3) is 3.32. The van der Waals surface area contributed by atoms with Gasteiger partial charge in [0.1, 0.15) is 11.6 Å². The van der Waals surface area contributed by atoms with E-state index in [0.717, 1.165) is 16.1 Å². The van der Waals surface area contributed by atoms with Gasteiger partial charge in [-0.15, -0.1) is 11.3 Å². The molecule has 0 aliphatic rings. The summed E-state index contributed by atoms with van der Waals surface area (Å²) < 4.78 is 5.11. The third-order valence-corrected chi connectivity index (χ3v) is 3.22. The van der Waals surface area contributed by atoms with Crippen molar-refractivity contribution in [2.45, 2.75) is 13.5 Å². The molecule has 0 fully saturated rings. The third-order valence-electron chi connectivity index (χ3n) is 2.29. The molecule has 0 aliphatic carbocycles. The van der Waals surface area contributed by atoms with Crippen LogP contribution in [0.1, 0.15) is 11.1 Å². The SMILES string of the molecule is Cc1ccsc1NC(=O)OCc1ccccc1. The lowest BCUT2D eigenvalue weighted by Gasteiger charge is -2.06. The molecule has 0 saturated carbocycles. The first-order valence-corrected chi connectivity index (χ1v) is 6.15. The van der Waals surface area contributed by atoms with E-state index in [2.05, 4.69) is 5.32 Å². The van der Waals surface area contributed by atoms with Crippen molar-refractivity contribution in [3.63, 3.8) is 0 Å². The molecule has 0 aliphatic heterocycles. The van der Waals surface area contributed by atoms with E-state index in [1.807, 2.05) is 48.7 Å². The van der Waals surface area contributed by atoms with Crippen molar-refractivity contribution in [1.82, 2.24) is 0 Å². The van der Waals surface area contributed by atoms with Crippen LogP contribution in [-0.4, -0.2) is 6.09 Å². The second-order valence-electron chi connectivity index (χ2n) is 3.62. The van der Waals surface area contributed by atoms with Crippen molar-refractivity contribution in [3.05, 3.63) is 52.9 Å². The van der Waals surface area contributed by atoms with Crippen LogP contribution in [0, 0.1) is 6.92 Å². The van der Waals surface area contributed by atoms with Crippen LogP contribution in [-0.2, 0) is 11.3 Å². The first-order valence-electron chi connectivity index (χ1n) is 5.27. The molecule has 2 aromatic rings. The van der Waals surface area contributed by atoms with Gasteiger partial charge in [0.15, 0.2) is 0 Å².